The molecular weight excluding hydrogens is 256 g/mol. The summed E-state index contributed by atoms with van der Waals surface area (Å²) in [7, 11) is 1.55. The second-order valence-electron chi connectivity index (χ2n) is 4.53. The monoisotopic (exact) mass is 266 g/mol. The maximum absolute atomic E-state index is 12.1. The van der Waals surface area contributed by atoms with Gasteiger partial charge in [0.05, 0.1) is 7.11 Å². The molecule has 0 saturated heterocycles. The number of rotatable bonds is 1. The van der Waals surface area contributed by atoms with Crippen LogP contribution in [0.2, 0.25) is 0 Å². The number of para-hydroxylation sites is 2. The van der Waals surface area contributed by atoms with E-state index >= 15 is 0 Å². The summed E-state index contributed by atoms with van der Waals surface area (Å²) in [4.78, 5) is 12.1. The smallest absolute Gasteiger partial charge is 0.380 e. The van der Waals surface area contributed by atoms with Crippen molar-refractivity contribution in [1.82, 2.24) is 0 Å². The number of hydrogen-bond donors (Lipinski definition) is 0. The zero-order valence-electron chi connectivity index (χ0n) is 10.7. The Morgan fingerprint density at radius 1 is 0.900 bits per heavy atom. The molecule has 0 unspecified atom stereocenters. The fourth-order valence-corrected chi connectivity index (χ4v) is 2.57. The van der Waals surface area contributed by atoms with Crippen LogP contribution in [-0.2, 0) is 0 Å². The van der Waals surface area contributed by atoms with Crippen LogP contribution in [0.1, 0.15) is 0 Å². The van der Waals surface area contributed by atoms with Crippen LogP contribution in [-0.4, -0.2) is 7.11 Å². The average Bonchev–Trinajstić information content (AvgIpc) is 2.87. The van der Waals surface area contributed by atoms with E-state index in [4.69, 9.17) is 13.6 Å². The first kappa shape index (κ1) is 11.1. The third-order valence-electron chi connectivity index (χ3n) is 3.44. The molecule has 2 aromatic heterocycles. The lowest BCUT2D eigenvalue weighted by Gasteiger charge is -2.03. The van der Waals surface area contributed by atoms with Crippen LogP contribution in [0.15, 0.2) is 56.1 Å². The van der Waals surface area contributed by atoms with Gasteiger partial charge in [-0.2, -0.15) is 0 Å². The van der Waals surface area contributed by atoms with Crippen molar-refractivity contribution in [2.45, 2.75) is 0 Å². The lowest BCUT2D eigenvalue weighted by molar-refractivity contribution is 0.406. The van der Waals surface area contributed by atoms with Crippen molar-refractivity contribution < 1.29 is 13.6 Å². The quantitative estimate of drug-likeness (QED) is 0.493. The minimum Gasteiger partial charge on any atom is -0.493 e. The minimum atomic E-state index is -0.492. The van der Waals surface area contributed by atoms with Gasteiger partial charge in [-0.15, -0.1) is 0 Å². The molecule has 20 heavy (non-hydrogen) atoms. The maximum atomic E-state index is 12.1. The van der Waals surface area contributed by atoms with E-state index in [0.29, 0.717) is 16.9 Å². The molecule has 2 aromatic carbocycles. The molecule has 0 fully saturated rings. The standard InChI is InChI=1S/C16H10O4/c1-18-12-8-4-6-10-13-9-5-2-3-7-11(9)19-15(13)16(17)20-14(10)12/h2-8H,1H3. The van der Waals surface area contributed by atoms with E-state index in [1.165, 1.54) is 0 Å². The molecular formula is C16H10O4. The first-order chi connectivity index (χ1) is 9.79. The molecule has 4 heteroatoms. The summed E-state index contributed by atoms with van der Waals surface area (Å²) in [5.41, 5.74) is 0.865. The molecule has 0 aliphatic rings. The predicted octanol–water partition coefficient (Wildman–Crippen LogP) is 3.70. The normalized spacial score (nSPS) is 11.4. The molecule has 0 saturated carbocycles. The van der Waals surface area contributed by atoms with E-state index in [0.717, 1.165) is 16.2 Å². The van der Waals surface area contributed by atoms with Gasteiger partial charge in [0.15, 0.2) is 11.3 Å². The maximum Gasteiger partial charge on any atom is 0.380 e. The molecule has 4 rings (SSSR count). The van der Waals surface area contributed by atoms with Gasteiger partial charge in [-0.3, -0.25) is 0 Å². The van der Waals surface area contributed by atoms with Crippen LogP contribution in [0, 0.1) is 0 Å². The molecule has 0 aliphatic heterocycles. The highest BCUT2D eigenvalue weighted by molar-refractivity contribution is 6.17. The zero-order valence-corrected chi connectivity index (χ0v) is 10.7. The van der Waals surface area contributed by atoms with Crippen LogP contribution in [0.25, 0.3) is 32.9 Å². The summed E-state index contributed by atoms with van der Waals surface area (Å²) in [5, 5.41) is 2.48. The Balaban J connectivity index is 2.37. The van der Waals surface area contributed by atoms with Crippen LogP contribution >= 0.6 is 0 Å². The lowest BCUT2D eigenvalue weighted by atomic mass is 10.1. The van der Waals surface area contributed by atoms with Gasteiger partial charge in [0.2, 0.25) is 5.58 Å². The van der Waals surface area contributed by atoms with Crippen molar-refractivity contribution in [2.75, 3.05) is 7.11 Å². The second kappa shape index (κ2) is 3.87. The van der Waals surface area contributed by atoms with Gasteiger partial charge in [0.1, 0.15) is 5.58 Å². The molecule has 0 bridgehead atoms. The molecule has 4 nitrogen and oxygen atoms in total. The molecule has 0 spiro atoms. The number of benzene rings is 2. The van der Waals surface area contributed by atoms with Crippen molar-refractivity contribution >= 4 is 32.9 Å². The summed E-state index contributed by atoms with van der Waals surface area (Å²) in [6, 6.07) is 13.1. The SMILES string of the molecule is COc1cccc2c1oc(=O)c1oc3ccccc3c12. The molecule has 2 heterocycles. The Morgan fingerprint density at radius 2 is 1.70 bits per heavy atom. The highest BCUT2D eigenvalue weighted by Gasteiger charge is 2.17. The van der Waals surface area contributed by atoms with Crippen LogP contribution < -0.4 is 10.4 Å². The summed E-state index contributed by atoms with van der Waals surface area (Å²) >= 11 is 0. The third-order valence-corrected chi connectivity index (χ3v) is 3.44. The highest BCUT2D eigenvalue weighted by atomic mass is 16.5. The minimum absolute atomic E-state index is 0.243. The first-order valence-electron chi connectivity index (χ1n) is 6.20. The third kappa shape index (κ3) is 1.33. The topological polar surface area (TPSA) is 52.6 Å². The van der Waals surface area contributed by atoms with E-state index in [9.17, 15) is 4.79 Å². The van der Waals surface area contributed by atoms with Gasteiger partial charge in [-0.1, -0.05) is 30.3 Å². The number of fused-ring (bicyclic) bond motifs is 5. The van der Waals surface area contributed by atoms with Gasteiger partial charge in [0.25, 0.3) is 0 Å². The predicted molar refractivity (Wildman–Crippen MR) is 76.3 cm³/mol. The fraction of sp³-hybridized carbons (Fsp3) is 0.0625. The average molecular weight is 266 g/mol. The lowest BCUT2D eigenvalue weighted by Crippen LogP contribution is -1.98. The van der Waals surface area contributed by atoms with Crippen molar-refractivity contribution in [1.29, 1.82) is 0 Å². The number of furan rings is 1. The van der Waals surface area contributed by atoms with Gasteiger partial charge in [-0.25, -0.2) is 4.79 Å². The fourth-order valence-electron chi connectivity index (χ4n) is 2.57. The summed E-state index contributed by atoms with van der Waals surface area (Å²) in [6.07, 6.45) is 0. The Bertz CT molecular complexity index is 1010. The molecule has 98 valence electrons. The molecule has 0 aliphatic carbocycles. The molecule has 0 atom stereocenters. The largest absolute Gasteiger partial charge is 0.493 e. The summed E-state index contributed by atoms with van der Waals surface area (Å²) < 4.78 is 16.2. The molecule has 0 amide bonds. The van der Waals surface area contributed by atoms with E-state index in [2.05, 4.69) is 0 Å². The Morgan fingerprint density at radius 3 is 2.55 bits per heavy atom. The van der Waals surface area contributed by atoms with Crippen LogP contribution in [0.5, 0.6) is 5.75 Å². The Kier molecular flexibility index (Phi) is 2.15. The van der Waals surface area contributed by atoms with E-state index in [1.807, 2.05) is 36.4 Å². The van der Waals surface area contributed by atoms with Crippen LogP contribution in [0.4, 0.5) is 0 Å². The van der Waals surface area contributed by atoms with Crippen molar-refractivity contribution in [3.63, 3.8) is 0 Å². The Labute approximate surface area is 113 Å². The van der Waals surface area contributed by atoms with Crippen LogP contribution in [0.3, 0.4) is 0 Å². The summed E-state index contributed by atoms with van der Waals surface area (Å²) in [5.74, 6) is 0.534. The van der Waals surface area contributed by atoms with E-state index < -0.39 is 5.63 Å². The number of methoxy groups -OCH3 is 1. The number of hydrogen-bond acceptors (Lipinski definition) is 4. The van der Waals surface area contributed by atoms with Gasteiger partial charge >= 0.3 is 5.63 Å². The van der Waals surface area contributed by atoms with Gasteiger partial charge in [-0.05, 0) is 12.1 Å². The Hall–Kier alpha value is -2.75. The zero-order chi connectivity index (χ0) is 13.7. The van der Waals surface area contributed by atoms with E-state index in [1.54, 1.807) is 13.2 Å². The second-order valence-corrected chi connectivity index (χ2v) is 4.53. The van der Waals surface area contributed by atoms with Gasteiger partial charge in [0, 0.05) is 16.2 Å². The highest BCUT2D eigenvalue weighted by Crippen LogP contribution is 2.35. The van der Waals surface area contributed by atoms with Crippen molar-refractivity contribution in [3.8, 4) is 5.75 Å². The first-order valence-corrected chi connectivity index (χ1v) is 6.20. The van der Waals surface area contributed by atoms with Crippen molar-refractivity contribution in [2.24, 2.45) is 0 Å². The van der Waals surface area contributed by atoms with Gasteiger partial charge < -0.3 is 13.6 Å². The molecule has 0 radical (unpaired) electrons. The summed E-state index contributed by atoms with van der Waals surface area (Å²) in [6.45, 7) is 0. The van der Waals surface area contributed by atoms with Crippen molar-refractivity contribution in [3.05, 3.63) is 52.9 Å². The molecule has 0 N–H and O–H groups in total. The van der Waals surface area contributed by atoms with E-state index in [-0.39, 0.29) is 5.58 Å². The molecule has 4 aromatic rings. The number of ether oxygens (including phenoxy) is 1.